The number of benzene rings is 1. The summed E-state index contributed by atoms with van der Waals surface area (Å²) in [4.78, 5) is 11.4. The summed E-state index contributed by atoms with van der Waals surface area (Å²) in [5, 5.41) is 0. The Hall–Kier alpha value is -1.83. The maximum Gasteiger partial charge on any atom is 0.329 e. The normalized spacial score (nSPS) is 13.8. The number of carbonyl (C=O) groups is 1. The molecule has 20 heavy (non-hydrogen) atoms. The SMILES string of the molecule is CCOC(=O)C(C)(N)COc1c(F)c(F)cc(F)c1F. The lowest BCUT2D eigenvalue weighted by Gasteiger charge is -2.22. The summed E-state index contributed by atoms with van der Waals surface area (Å²) in [5.74, 6) is -8.80. The second-order valence-corrected chi connectivity index (χ2v) is 4.22. The lowest BCUT2D eigenvalue weighted by atomic mass is 10.1. The van der Waals surface area contributed by atoms with Crippen LogP contribution in [-0.4, -0.2) is 24.7 Å². The third-order valence-corrected chi connectivity index (χ3v) is 2.33. The van der Waals surface area contributed by atoms with Crippen LogP contribution in [0.25, 0.3) is 0 Å². The summed E-state index contributed by atoms with van der Waals surface area (Å²) in [5.41, 5.74) is 3.81. The first kappa shape index (κ1) is 16.2. The van der Waals surface area contributed by atoms with Crippen molar-refractivity contribution in [2.75, 3.05) is 13.2 Å². The zero-order chi connectivity index (χ0) is 15.5. The number of ether oxygens (including phenoxy) is 2. The van der Waals surface area contributed by atoms with Crippen LogP contribution in [0.5, 0.6) is 5.75 Å². The molecule has 2 N–H and O–H groups in total. The number of halogens is 4. The van der Waals surface area contributed by atoms with Gasteiger partial charge >= 0.3 is 5.97 Å². The minimum atomic E-state index is -1.72. The van der Waals surface area contributed by atoms with Crippen molar-refractivity contribution >= 4 is 5.97 Å². The van der Waals surface area contributed by atoms with E-state index in [1.807, 2.05) is 0 Å². The zero-order valence-corrected chi connectivity index (χ0v) is 10.8. The molecular formula is C12H13F4NO3. The van der Waals surface area contributed by atoms with Gasteiger partial charge in [-0.3, -0.25) is 0 Å². The quantitative estimate of drug-likeness (QED) is 0.512. The molecule has 112 valence electrons. The molecule has 4 nitrogen and oxygen atoms in total. The average Bonchev–Trinajstić information content (AvgIpc) is 2.36. The predicted octanol–water partition coefficient (Wildman–Crippen LogP) is 1.90. The van der Waals surface area contributed by atoms with Crippen molar-refractivity contribution in [3.8, 4) is 5.75 Å². The van der Waals surface area contributed by atoms with E-state index in [2.05, 4.69) is 9.47 Å². The van der Waals surface area contributed by atoms with Crippen molar-refractivity contribution < 1.29 is 31.8 Å². The second kappa shape index (κ2) is 6.08. The lowest BCUT2D eigenvalue weighted by Crippen LogP contribution is -2.51. The van der Waals surface area contributed by atoms with Gasteiger partial charge in [-0.15, -0.1) is 0 Å². The molecule has 0 spiro atoms. The number of carbonyl (C=O) groups excluding carboxylic acids is 1. The van der Waals surface area contributed by atoms with Gasteiger partial charge in [-0.05, 0) is 13.8 Å². The van der Waals surface area contributed by atoms with Crippen molar-refractivity contribution in [1.29, 1.82) is 0 Å². The fraction of sp³-hybridized carbons (Fsp3) is 0.417. The van der Waals surface area contributed by atoms with Crippen LogP contribution in [0.2, 0.25) is 0 Å². The van der Waals surface area contributed by atoms with Gasteiger partial charge in [0, 0.05) is 6.07 Å². The zero-order valence-electron chi connectivity index (χ0n) is 10.8. The fourth-order valence-corrected chi connectivity index (χ4v) is 1.25. The van der Waals surface area contributed by atoms with E-state index < -0.39 is 47.1 Å². The van der Waals surface area contributed by atoms with Crippen molar-refractivity contribution in [3.63, 3.8) is 0 Å². The maximum atomic E-state index is 13.3. The molecule has 0 saturated heterocycles. The number of hydrogen-bond acceptors (Lipinski definition) is 4. The average molecular weight is 295 g/mol. The summed E-state index contributed by atoms with van der Waals surface area (Å²) < 4.78 is 61.7. The Morgan fingerprint density at radius 3 is 2.20 bits per heavy atom. The molecule has 0 fully saturated rings. The molecule has 0 aliphatic heterocycles. The molecule has 1 aromatic rings. The number of nitrogens with two attached hydrogens (primary N) is 1. The van der Waals surface area contributed by atoms with E-state index in [1.165, 1.54) is 13.8 Å². The van der Waals surface area contributed by atoms with Crippen LogP contribution < -0.4 is 10.5 Å². The summed E-state index contributed by atoms with van der Waals surface area (Å²) in [6, 6.07) is 0.0461. The first-order valence-corrected chi connectivity index (χ1v) is 5.62. The highest BCUT2D eigenvalue weighted by molar-refractivity contribution is 5.80. The molecule has 0 amide bonds. The Labute approximate surface area is 112 Å². The smallest absolute Gasteiger partial charge is 0.329 e. The Morgan fingerprint density at radius 1 is 1.25 bits per heavy atom. The first-order valence-electron chi connectivity index (χ1n) is 5.62. The Kier molecular flexibility index (Phi) is 4.93. The van der Waals surface area contributed by atoms with Crippen LogP contribution in [0.4, 0.5) is 17.6 Å². The van der Waals surface area contributed by atoms with E-state index in [4.69, 9.17) is 5.73 Å². The first-order chi connectivity index (χ1) is 9.20. The topological polar surface area (TPSA) is 61.5 Å². The summed E-state index contributed by atoms with van der Waals surface area (Å²) >= 11 is 0. The molecule has 0 heterocycles. The summed E-state index contributed by atoms with van der Waals surface area (Å²) in [6.07, 6.45) is 0. The lowest BCUT2D eigenvalue weighted by molar-refractivity contribution is -0.150. The summed E-state index contributed by atoms with van der Waals surface area (Å²) in [6.45, 7) is 2.05. The number of rotatable bonds is 5. The van der Waals surface area contributed by atoms with E-state index in [1.54, 1.807) is 0 Å². The minimum absolute atomic E-state index is 0.0446. The van der Waals surface area contributed by atoms with Gasteiger partial charge in [-0.1, -0.05) is 0 Å². The molecule has 0 aromatic heterocycles. The molecule has 0 bridgehead atoms. The maximum absolute atomic E-state index is 13.3. The summed E-state index contributed by atoms with van der Waals surface area (Å²) in [7, 11) is 0. The standard InChI is InChI=1S/C12H13F4NO3/c1-3-19-11(18)12(2,17)5-20-10-8(15)6(13)4-7(14)9(10)16/h4H,3,5,17H2,1-2H3. The molecule has 0 radical (unpaired) electrons. The monoisotopic (exact) mass is 295 g/mol. The van der Waals surface area contributed by atoms with Crippen LogP contribution in [0.15, 0.2) is 6.07 Å². The van der Waals surface area contributed by atoms with Gasteiger partial charge in [-0.2, -0.15) is 8.78 Å². The third-order valence-electron chi connectivity index (χ3n) is 2.33. The van der Waals surface area contributed by atoms with Crippen LogP contribution in [0.1, 0.15) is 13.8 Å². The van der Waals surface area contributed by atoms with E-state index in [-0.39, 0.29) is 12.7 Å². The molecule has 0 saturated carbocycles. The highest BCUT2D eigenvalue weighted by Gasteiger charge is 2.32. The van der Waals surface area contributed by atoms with E-state index in [0.717, 1.165) is 0 Å². The molecule has 1 atom stereocenters. The van der Waals surface area contributed by atoms with Crippen LogP contribution in [-0.2, 0) is 9.53 Å². The molecule has 0 aliphatic rings. The Balaban J connectivity index is 2.93. The van der Waals surface area contributed by atoms with Crippen molar-refractivity contribution in [1.82, 2.24) is 0 Å². The molecule has 1 rings (SSSR count). The van der Waals surface area contributed by atoms with Gasteiger partial charge in [0.05, 0.1) is 6.61 Å². The highest BCUT2D eigenvalue weighted by Crippen LogP contribution is 2.27. The van der Waals surface area contributed by atoms with Gasteiger partial charge in [0.25, 0.3) is 0 Å². The third kappa shape index (κ3) is 3.38. The van der Waals surface area contributed by atoms with Gasteiger partial charge in [-0.25, -0.2) is 13.6 Å². The Morgan fingerprint density at radius 2 is 1.75 bits per heavy atom. The highest BCUT2D eigenvalue weighted by atomic mass is 19.2. The Bertz CT molecular complexity index is 494. The minimum Gasteiger partial charge on any atom is -0.485 e. The van der Waals surface area contributed by atoms with Gasteiger partial charge < -0.3 is 15.2 Å². The number of hydrogen-bond donors (Lipinski definition) is 1. The van der Waals surface area contributed by atoms with E-state index in [9.17, 15) is 22.4 Å². The van der Waals surface area contributed by atoms with Gasteiger partial charge in [0.1, 0.15) is 12.1 Å². The predicted molar refractivity (Wildman–Crippen MR) is 61.0 cm³/mol. The van der Waals surface area contributed by atoms with Crippen LogP contribution in [0.3, 0.4) is 0 Å². The second-order valence-electron chi connectivity index (χ2n) is 4.22. The van der Waals surface area contributed by atoms with E-state index in [0.29, 0.717) is 0 Å². The number of esters is 1. The molecule has 1 aromatic carbocycles. The van der Waals surface area contributed by atoms with Crippen LogP contribution in [0, 0.1) is 23.3 Å². The molecule has 8 heteroatoms. The largest absolute Gasteiger partial charge is 0.485 e. The molecule has 0 aliphatic carbocycles. The van der Waals surface area contributed by atoms with Crippen molar-refractivity contribution in [3.05, 3.63) is 29.3 Å². The van der Waals surface area contributed by atoms with Crippen molar-refractivity contribution in [2.45, 2.75) is 19.4 Å². The van der Waals surface area contributed by atoms with Crippen molar-refractivity contribution in [2.24, 2.45) is 5.73 Å². The fourth-order valence-electron chi connectivity index (χ4n) is 1.25. The van der Waals surface area contributed by atoms with Gasteiger partial charge in [0.15, 0.2) is 17.4 Å². The van der Waals surface area contributed by atoms with E-state index >= 15 is 0 Å². The molecular weight excluding hydrogens is 282 g/mol. The van der Waals surface area contributed by atoms with Gasteiger partial charge in [0.2, 0.25) is 11.6 Å². The molecule has 1 unspecified atom stereocenters. The van der Waals surface area contributed by atoms with Crippen LogP contribution >= 0.6 is 0 Å².